The quantitative estimate of drug-likeness (QED) is 0.177. The Morgan fingerprint density at radius 1 is 0.340 bits per heavy atom. The van der Waals surface area contributed by atoms with E-state index in [0.717, 1.165) is 82.7 Å². The minimum Gasteiger partial charge on any atom is -0.309 e. The number of rotatable bonds is 5. The van der Waals surface area contributed by atoms with Gasteiger partial charge in [-0.1, -0.05) is 139 Å². The average Bonchev–Trinajstić information content (AvgIpc) is 3.75. The first-order valence-corrected chi connectivity index (χ1v) is 16.8. The molecule has 0 bridgehead atoms. The van der Waals surface area contributed by atoms with Gasteiger partial charge in [-0.05, 0) is 87.9 Å². The lowest BCUT2D eigenvalue weighted by atomic mass is 9.87. The highest BCUT2D eigenvalue weighted by Crippen LogP contribution is 2.43. The molecule has 0 atom stereocenters. The van der Waals surface area contributed by atoms with Crippen molar-refractivity contribution >= 4 is 43.6 Å². The molecule has 0 fully saturated rings. The summed E-state index contributed by atoms with van der Waals surface area (Å²) in [6.07, 6.45) is 0. The topological polar surface area (TPSA) is 9.86 Å². The molecule has 50 heavy (non-hydrogen) atoms. The van der Waals surface area contributed by atoms with Crippen molar-refractivity contribution in [2.75, 3.05) is 0 Å². The van der Waals surface area contributed by atoms with Crippen LogP contribution in [0.4, 0.5) is 0 Å². The zero-order chi connectivity index (χ0) is 37.4. The van der Waals surface area contributed by atoms with Crippen molar-refractivity contribution in [2.24, 2.45) is 0 Å². The van der Waals surface area contributed by atoms with Gasteiger partial charge in [0.2, 0.25) is 0 Å². The second-order valence-electron chi connectivity index (χ2n) is 12.6. The number of benzene rings is 8. The van der Waals surface area contributed by atoms with E-state index in [1.165, 1.54) is 0 Å². The molecular formula is C48H32N2. The van der Waals surface area contributed by atoms with Crippen molar-refractivity contribution < 1.29 is 6.85 Å². The molecule has 2 heterocycles. The third-order valence-corrected chi connectivity index (χ3v) is 9.82. The van der Waals surface area contributed by atoms with Crippen molar-refractivity contribution in [1.82, 2.24) is 9.13 Å². The van der Waals surface area contributed by atoms with E-state index in [2.05, 4.69) is 144 Å². The van der Waals surface area contributed by atoms with E-state index in [-0.39, 0.29) is 29.9 Å². The lowest BCUT2D eigenvalue weighted by Gasteiger charge is -2.17. The lowest BCUT2D eigenvalue weighted by molar-refractivity contribution is 1.17. The van der Waals surface area contributed by atoms with E-state index in [4.69, 9.17) is 6.85 Å². The van der Waals surface area contributed by atoms with Crippen LogP contribution < -0.4 is 0 Å². The highest BCUT2D eigenvalue weighted by atomic mass is 15.0. The molecule has 0 amide bonds. The maximum atomic E-state index is 9.02. The van der Waals surface area contributed by atoms with Gasteiger partial charge in [-0.3, -0.25) is 0 Å². The fourth-order valence-electron chi connectivity index (χ4n) is 7.68. The predicted molar refractivity (Wildman–Crippen MR) is 211 cm³/mol. The average molecular weight is 642 g/mol. The Hall–Kier alpha value is -6.64. The summed E-state index contributed by atoms with van der Waals surface area (Å²) >= 11 is 0. The van der Waals surface area contributed by atoms with Crippen LogP contribution in [0.2, 0.25) is 0 Å². The first-order valence-electron chi connectivity index (χ1n) is 19.3. The number of hydrogen-bond acceptors (Lipinski definition) is 0. The van der Waals surface area contributed by atoms with Crippen LogP contribution in [0.1, 0.15) is 6.85 Å². The predicted octanol–water partition coefficient (Wildman–Crippen LogP) is 12.9. The Labute approximate surface area is 297 Å². The Morgan fingerprint density at radius 2 is 0.840 bits per heavy atom. The third-order valence-electron chi connectivity index (χ3n) is 9.82. The summed E-state index contributed by atoms with van der Waals surface area (Å²) in [7, 11) is 0. The highest BCUT2D eigenvalue weighted by Gasteiger charge is 2.19. The van der Waals surface area contributed by atoms with Crippen molar-refractivity contribution in [3.8, 4) is 44.8 Å². The maximum Gasteiger partial charge on any atom is 0.0645 e. The second-order valence-corrected chi connectivity index (χ2v) is 12.6. The zero-order valence-corrected chi connectivity index (χ0v) is 27.0. The molecule has 10 rings (SSSR count). The summed E-state index contributed by atoms with van der Waals surface area (Å²) in [6.45, 7) is 0. The summed E-state index contributed by atoms with van der Waals surface area (Å²) < 4.78 is 47.6. The van der Waals surface area contributed by atoms with Gasteiger partial charge in [-0.2, -0.15) is 0 Å². The molecule has 0 aliphatic carbocycles. The minimum absolute atomic E-state index is 0.123. The molecule has 2 aromatic heterocycles. The van der Waals surface area contributed by atoms with Crippen LogP contribution in [-0.2, 0) is 0 Å². The van der Waals surface area contributed by atoms with E-state index in [1.807, 2.05) is 28.8 Å². The lowest BCUT2D eigenvalue weighted by Crippen LogP contribution is -1.95. The number of aromatic nitrogens is 2. The Bertz CT molecular complexity index is 3000. The summed E-state index contributed by atoms with van der Waals surface area (Å²) in [6, 6.07) is 55.0. The second kappa shape index (κ2) is 11.5. The zero-order valence-electron chi connectivity index (χ0n) is 32.0. The van der Waals surface area contributed by atoms with E-state index in [9.17, 15) is 0 Å². The van der Waals surface area contributed by atoms with Gasteiger partial charge in [0.25, 0.3) is 0 Å². The molecule has 0 spiro atoms. The minimum atomic E-state index is -0.415. The van der Waals surface area contributed by atoms with Crippen molar-refractivity contribution in [1.29, 1.82) is 0 Å². The van der Waals surface area contributed by atoms with Gasteiger partial charge in [-0.25, -0.2) is 0 Å². The summed E-state index contributed by atoms with van der Waals surface area (Å²) in [5.41, 5.74) is 11.2. The Kier molecular flexibility index (Phi) is 5.44. The van der Waals surface area contributed by atoms with Crippen LogP contribution in [0, 0.1) is 0 Å². The number of nitrogens with zero attached hydrogens (tertiary/aromatic N) is 2. The summed E-state index contributed by atoms with van der Waals surface area (Å²) in [5, 5.41) is 4.13. The van der Waals surface area contributed by atoms with Gasteiger partial charge in [-0.15, -0.1) is 0 Å². The SMILES string of the molecule is [2H]c1c([2H])c([2H])c(-n2c3ccc(-c4c(-c5ccccc5)cccc4-c4ccccc4)cc3c3cc(-n4c5ccccc5c5ccccc54)ccc32)c([2H])c1[2H]. The van der Waals surface area contributed by atoms with E-state index in [0.29, 0.717) is 0 Å². The van der Waals surface area contributed by atoms with Gasteiger partial charge in [0.1, 0.15) is 0 Å². The van der Waals surface area contributed by atoms with Crippen LogP contribution in [-0.4, -0.2) is 9.13 Å². The van der Waals surface area contributed by atoms with E-state index < -0.39 is 6.04 Å². The molecule has 2 heteroatoms. The molecule has 10 aromatic rings. The molecule has 0 aliphatic heterocycles. The molecule has 0 unspecified atom stereocenters. The van der Waals surface area contributed by atoms with Gasteiger partial charge >= 0.3 is 0 Å². The van der Waals surface area contributed by atoms with Gasteiger partial charge in [0.15, 0.2) is 0 Å². The molecule has 2 nitrogen and oxygen atoms in total. The molecule has 0 saturated heterocycles. The standard InChI is InChI=1S/C48H32N2/c1-4-15-33(16-5-1)38-23-14-24-39(34-17-6-2-7-18-34)48(38)35-27-29-46-42(31-35)43-32-37(28-30-47(43)49(46)36-19-8-3-9-20-36)50-44-25-12-10-21-40(44)41-22-11-13-26-45(41)50/h1-32H/i3D,8D,9D,19D,20D. The maximum absolute atomic E-state index is 9.02. The molecule has 0 aliphatic rings. The fraction of sp³-hybridized carbons (Fsp3) is 0. The number of para-hydroxylation sites is 3. The Morgan fingerprint density at radius 3 is 1.46 bits per heavy atom. The van der Waals surface area contributed by atoms with Crippen LogP contribution in [0.5, 0.6) is 0 Å². The third kappa shape index (κ3) is 4.43. The monoisotopic (exact) mass is 641 g/mol. The first kappa shape index (κ1) is 23.6. The molecule has 0 saturated carbocycles. The van der Waals surface area contributed by atoms with E-state index in [1.54, 1.807) is 0 Å². The fourth-order valence-corrected chi connectivity index (χ4v) is 7.68. The van der Waals surface area contributed by atoms with Gasteiger partial charge in [0.05, 0.1) is 28.9 Å². The first-order chi connectivity index (χ1) is 26.9. The molecule has 8 aromatic carbocycles. The normalized spacial score (nSPS) is 13.0. The van der Waals surface area contributed by atoms with Gasteiger partial charge in [0, 0.05) is 32.9 Å². The van der Waals surface area contributed by atoms with Gasteiger partial charge < -0.3 is 9.13 Å². The Balaban J connectivity index is 1.32. The van der Waals surface area contributed by atoms with Crippen LogP contribution in [0.15, 0.2) is 194 Å². The van der Waals surface area contributed by atoms with Crippen LogP contribution in [0.25, 0.3) is 88.4 Å². The van der Waals surface area contributed by atoms with Crippen LogP contribution >= 0.6 is 0 Å². The number of fused-ring (bicyclic) bond motifs is 6. The van der Waals surface area contributed by atoms with Crippen molar-refractivity contribution in [2.45, 2.75) is 0 Å². The molecule has 0 radical (unpaired) electrons. The van der Waals surface area contributed by atoms with E-state index >= 15 is 0 Å². The van der Waals surface area contributed by atoms with Crippen LogP contribution in [0.3, 0.4) is 0 Å². The van der Waals surface area contributed by atoms with Crippen molar-refractivity contribution in [3.05, 3.63) is 194 Å². The highest BCUT2D eigenvalue weighted by molar-refractivity contribution is 6.13. The van der Waals surface area contributed by atoms with Crippen molar-refractivity contribution in [3.63, 3.8) is 0 Å². The molecule has 0 N–H and O–H groups in total. The largest absolute Gasteiger partial charge is 0.309 e. The number of hydrogen-bond donors (Lipinski definition) is 0. The molecular weight excluding hydrogens is 605 g/mol. The summed E-state index contributed by atoms with van der Waals surface area (Å²) in [4.78, 5) is 0. The summed E-state index contributed by atoms with van der Waals surface area (Å²) in [5.74, 6) is 0. The smallest absolute Gasteiger partial charge is 0.0645 e. The molecule has 234 valence electrons.